The molecule has 0 spiro atoms. The Bertz CT molecular complexity index is 366. The quantitative estimate of drug-likeness (QED) is 0.630. The summed E-state index contributed by atoms with van der Waals surface area (Å²) in [6.45, 7) is 0. The SMILES string of the molecule is CNNC(=O)c1ccc(Br)cc1C=O. The molecular weight excluding hydrogens is 248 g/mol. The van der Waals surface area contributed by atoms with E-state index in [0.717, 1.165) is 4.47 Å². The van der Waals surface area contributed by atoms with Crippen molar-refractivity contribution in [1.29, 1.82) is 0 Å². The third-order valence-electron chi connectivity index (χ3n) is 1.62. The van der Waals surface area contributed by atoms with Crippen molar-refractivity contribution in [3.8, 4) is 0 Å². The van der Waals surface area contributed by atoms with Gasteiger partial charge in [0.2, 0.25) is 0 Å². The molecule has 1 amide bonds. The van der Waals surface area contributed by atoms with Crippen molar-refractivity contribution < 1.29 is 9.59 Å². The summed E-state index contributed by atoms with van der Waals surface area (Å²) in [6.07, 6.45) is 0.648. The normalized spacial score (nSPS) is 9.57. The van der Waals surface area contributed by atoms with Crippen LogP contribution >= 0.6 is 15.9 Å². The van der Waals surface area contributed by atoms with Gasteiger partial charge in [-0.3, -0.25) is 15.0 Å². The lowest BCUT2D eigenvalue weighted by Crippen LogP contribution is -2.34. The van der Waals surface area contributed by atoms with Crippen LogP contribution in [0.4, 0.5) is 0 Å². The zero-order chi connectivity index (χ0) is 10.6. The highest BCUT2D eigenvalue weighted by Crippen LogP contribution is 2.14. The van der Waals surface area contributed by atoms with Gasteiger partial charge in [-0.05, 0) is 18.2 Å². The van der Waals surface area contributed by atoms with Gasteiger partial charge in [-0.1, -0.05) is 15.9 Å². The highest BCUT2D eigenvalue weighted by Gasteiger charge is 2.09. The summed E-state index contributed by atoms with van der Waals surface area (Å²) < 4.78 is 0.764. The summed E-state index contributed by atoms with van der Waals surface area (Å²) in [7, 11) is 1.58. The van der Waals surface area contributed by atoms with Crippen LogP contribution in [0.25, 0.3) is 0 Å². The molecule has 0 radical (unpaired) electrons. The molecule has 74 valence electrons. The number of aldehydes is 1. The van der Waals surface area contributed by atoms with Crippen molar-refractivity contribution >= 4 is 28.1 Å². The molecule has 14 heavy (non-hydrogen) atoms. The fraction of sp³-hybridized carbons (Fsp3) is 0.111. The third-order valence-corrected chi connectivity index (χ3v) is 2.12. The number of rotatable bonds is 3. The number of hydrogen-bond donors (Lipinski definition) is 2. The Balaban J connectivity index is 3.07. The molecule has 2 N–H and O–H groups in total. The summed E-state index contributed by atoms with van der Waals surface area (Å²) in [5.74, 6) is -0.331. The number of halogens is 1. The highest BCUT2D eigenvalue weighted by atomic mass is 79.9. The summed E-state index contributed by atoms with van der Waals surface area (Å²) in [4.78, 5) is 22.1. The van der Waals surface area contributed by atoms with Crippen LogP contribution in [0.3, 0.4) is 0 Å². The van der Waals surface area contributed by atoms with E-state index in [2.05, 4.69) is 26.8 Å². The number of amides is 1. The summed E-state index contributed by atoms with van der Waals surface area (Å²) in [5.41, 5.74) is 5.60. The van der Waals surface area contributed by atoms with E-state index in [-0.39, 0.29) is 5.91 Å². The second-order valence-electron chi connectivity index (χ2n) is 2.55. The van der Waals surface area contributed by atoms with Gasteiger partial charge in [-0.15, -0.1) is 0 Å². The molecule has 0 aliphatic carbocycles. The van der Waals surface area contributed by atoms with E-state index >= 15 is 0 Å². The molecule has 0 bridgehead atoms. The molecule has 0 aromatic heterocycles. The average molecular weight is 257 g/mol. The first-order valence-electron chi connectivity index (χ1n) is 3.91. The van der Waals surface area contributed by atoms with E-state index in [1.54, 1.807) is 25.2 Å². The van der Waals surface area contributed by atoms with Crippen LogP contribution < -0.4 is 10.9 Å². The zero-order valence-corrected chi connectivity index (χ0v) is 9.09. The maximum atomic E-state index is 11.4. The van der Waals surface area contributed by atoms with E-state index in [0.29, 0.717) is 17.4 Å². The Morgan fingerprint density at radius 3 is 2.79 bits per heavy atom. The Kier molecular flexibility index (Phi) is 3.79. The van der Waals surface area contributed by atoms with Gasteiger partial charge in [0.05, 0.1) is 5.56 Å². The van der Waals surface area contributed by atoms with Gasteiger partial charge in [0.1, 0.15) is 0 Å². The smallest absolute Gasteiger partial charge is 0.266 e. The number of nitrogens with one attached hydrogen (secondary N) is 2. The van der Waals surface area contributed by atoms with Gasteiger partial charge in [-0.2, -0.15) is 0 Å². The third kappa shape index (κ3) is 2.40. The predicted octanol–water partition coefficient (Wildman–Crippen LogP) is 1.13. The molecule has 0 unspecified atom stereocenters. The molecular formula is C9H9BrN2O2. The minimum absolute atomic E-state index is 0.331. The number of hydrazine groups is 1. The van der Waals surface area contributed by atoms with Crippen molar-refractivity contribution in [2.75, 3.05) is 7.05 Å². The minimum atomic E-state index is -0.331. The maximum Gasteiger partial charge on any atom is 0.266 e. The largest absolute Gasteiger partial charge is 0.298 e. The molecule has 4 nitrogen and oxygen atoms in total. The van der Waals surface area contributed by atoms with Crippen LogP contribution in [0.2, 0.25) is 0 Å². The van der Waals surface area contributed by atoms with Gasteiger partial charge in [0.15, 0.2) is 6.29 Å². The average Bonchev–Trinajstić information content (AvgIpc) is 2.17. The molecule has 5 heteroatoms. The van der Waals surface area contributed by atoms with Crippen LogP contribution in [0, 0.1) is 0 Å². The van der Waals surface area contributed by atoms with Crippen molar-refractivity contribution in [3.63, 3.8) is 0 Å². The number of benzene rings is 1. The van der Waals surface area contributed by atoms with E-state index in [9.17, 15) is 9.59 Å². The maximum absolute atomic E-state index is 11.4. The number of hydrogen-bond acceptors (Lipinski definition) is 3. The van der Waals surface area contributed by atoms with E-state index in [1.165, 1.54) is 0 Å². The lowest BCUT2D eigenvalue weighted by Gasteiger charge is -2.05. The monoisotopic (exact) mass is 256 g/mol. The standard InChI is InChI=1S/C9H9BrN2O2/c1-11-12-9(14)8-3-2-7(10)4-6(8)5-13/h2-5,11H,1H3,(H,12,14). The second kappa shape index (κ2) is 4.88. The topological polar surface area (TPSA) is 58.2 Å². The molecule has 1 aromatic carbocycles. The second-order valence-corrected chi connectivity index (χ2v) is 3.47. The van der Waals surface area contributed by atoms with Crippen molar-refractivity contribution in [3.05, 3.63) is 33.8 Å². The van der Waals surface area contributed by atoms with Gasteiger partial charge in [0, 0.05) is 17.1 Å². The molecule has 0 aliphatic rings. The van der Waals surface area contributed by atoms with Crippen LogP contribution in [0.1, 0.15) is 20.7 Å². The molecule has 0 saturated heterocycles. The van der Waals surface area contributed by atoms with Gasteiger partial charge in [0.25, 0.3) is 5.91 Å². The first-order valence-corrected chi connectivity index (χ1v) is 4.70. The van der Waals surface area contributed by atoms with E-state index in [4.69, 9.17) is 0 Å². The Morgan fingerprint density at radius 2 is 2.21 bits per heavy atom. The Hall–Kier alpha value is -1.20. The summed E-state index contributed by atoms with van der Waals surface area (Å²) >= 11 is 3.22. The number of carbonyl (C=O) groups is 2. The van der Waals surface area contributed by atoms with Gasteiger partial charge >= 0.3 is 0 Å². The lowest BCUT2D eigenvalue weighted by molar-refractivity contribution is 0.0933. The zero-order valence-electron chi connectivity index (χ0n) is 7.50. The van der Waals surface area contributed by atoms with Gasteiger partial charge < -0.3 is 0 Å². The molecule has 0 saturated carbocycles. The lowest BCUT2D eigenvalue weighted by atomic mass is 10.1. The molecule has 1 rings (SSSR count). The van der Waals surface area contributed by atoms with Crippen molar-refractivity contribution in [2.24, 2.45) is 0 Å². The molecule has 0 atom stereocenters. The first kappa shape index (κ1) is 10.9. The minimum Gasteiger partial charge on any atom is -0.298 e. The summed E-state index contributed by atoms with van der Waals surface area (Å²) in [5, 5.41) is 0. The Morgan fingerprint density at radius 1 is 1.50 bits per heavy atom. The molecule has 0 fully saturated rings. The Labute approximate surface area is 89.8 Å². The van der Waals surface area contributed by atoms with Crippen molar-refractivity contribution in [2.45, 2.75) is 0 Å². The van der Waals surface area contributed by atoms with Crippen LogP contribution in [0.15, 0.2) is 22.7 Å². The summed E-state index contributed by atoms with van der Waals surface area (Å²) in [6, 6.07) is 4.88. The molecule has 0 heterocycles. The first-order chi connectivity index (χ1) is 6.69. The predicted molar refractivity (Wildman–Crippen MR) is 56.1 cm³/mol. The highest BCUT2D eigenvalue weighted by molar-refractivity contribution is 9.10. The fourth-order valence-corrected chi connectivity index (χ4v) is 1.40. The van der Waals surface area contributed by atoms with Crippen LogP contribution in [0.5, 0.6) is 0 Å². The molecule has 1 aromatic rings. The molecule has 0 aliphatic heterocycles. The van der Waals surface area contributed by atoms with Crippen LogP contribution in [-0.2, 0) is 0 Å². The van der Waals surface area contributed by atoms with E-state index < -0.39 is 0 Å². The fourth-order valence-electron chi connectivity index (χ4n) is 1.02. The van der Waals surface area contributed by atoms with Gasteiger partial charge in [-0.25, -0.2) is 5.43 Å². The van der Waals surface area contributed by atoms with Crippen molar-refractivity contribution in [1.82, 2.24) is 10.9 Å². The van der Waals surface area contributed by atoms with E-state index in [1.807, 2.05) is 0 Å². The number of carbonyl (C=O) groups excluding carboxylic acids is 2. The van der Waals surface area contributed by atoms with Crippen LogP contribution in [-0.4, -0.2) is 19.2 Å².